The summed E-state index contributed by atoms with van der Waals surface area (Å²) in [6, 6.07) is 8.20. The SMILES string of the molecule is [C-]#[N+]c1ccc(-n2c(O)c3n(c2=O)C2C[C@H]3N(C(=O)COc3ccc(Cl)cc3)C2)cc1C(F)(F)F. The van der Waals surface area contributed by atoms with Crippen LogP contribution in [0.3, 0.4) is 0 Å². The number of likely N-dealkylation sites (tertiary alicyclic amines) is 1. The van der Waals surface area contributed by atoms with E-state index in [1.165, 1.54) is 15.5 Å². The maximum Gasteiger partial charge on any atom is 0.407 e. The largest absolute Gasteiger partial charge is 0.493 e. The standard InChI is InChI=1S/C23H16ClF3N4O4/c1-28-17-7-4-13(8-16(17)23(25,26)27)31-21(33)20-18-9-14(30(20)22(31)34)10-29(18)19(32)11-35-15-5-2-12(24)3-6-15/h2-8,14,18,33H,9-11H2/t14?,18-/m1/s1. The summed E-state index contributed by atoms with van der Waals surface area (Å²) in [5, 5.41) is 11.4. The molecule has 0 saturated carbocycles. The number of alkyl halides is 3. The van der Waals surface area contributed by atoms with E-state index in [-0.39, 0.29) is 30.4 Å². The Morgan fingerprint density at radius 2 is 1.94 bits per heavy atom. The van der Waals surface area contributed by atoms with E-state index in [9.17, 15) is 27.9 Å². The smallest absolute Gasteiger partial charge is 0.407 e. The van der Waals surface area contributed by atoms with Crippen LogP contribution in [0.2, 0.25) is 5.02 Å². The molecule has 1 saturated heterocycles. The molecule has 3 heterocycles. The summed E-state index contributed by atoms with van der Waals surface area (Å²) in [6.45, 7) is 6.90. The zero-order chi connectivity index (χ0) is 25.1. The van der Waals surface area contributed by atoms with Crippen molar-refractivity contribution in [2.45, 2.75) is 24.7 Å². The van der Waals surface area contributed by atoms with Crippen molar-refractivity contribution in [1.82, 2.24) is 14.0 Å². The van der Waals surface area contributed by atoms with Crippen molar-refractivity contribution in [2.24, 2.45) is 0 Å². The average Bonchev–Trinajstić information content (AvgIpc) is 3.49. The summed E-state index contributed by atoms with van der Waals surface area (Å²) in [5.74, 6) is -0.456. The van der Waals surface area contributed by atoms with Crippen LogP contribution in [-0.2, 0) is 11.0 Å². The van der Waals surface area contributed by atoms with Crippen molar-refractivity contribution >= 4 is 23.2 Å². The van der Waals surface area contributed by atoms with Gasteiger partial charge in [0.1, 0.15) is 11.4 Å². The summed E-state index contributed by atoms with van der Waals surface area (Å²) in [5.41, 5.74) is -2.59. The monoisotopic (exact) mass is 504 g/mol. The first-order valence-corrected chi connectivity index (χ1v) is 10.8. The van der Waals surface area contributed by atoms with Gasteiger partial charge in [-0.1, -0.05) is 17.7 Å². The maximum atomic E-state index is 13.4. The number of amides is 1. The molecule has 0 radical (unpaired) electrons. The van der Waals surface area contributed by atoms with Gasteiger partial charge >= 0.3 is 11.9 Å². The van der Waals surface area contributed by atoms with Gasteiger partial charge in [0.25, 0.3) is 5.91 Å². The number of halogens is 4. The number of ether oxygens (including phenoxy) is 1. The van der Waals surface area contributed by atoms with Crippen LogP contribution in [0.15, 0.2) is 47.3 Å². The van der Waals surface area contributed by atoms with Gasteiger partial charge in [0.05, 0.1) is 29.9 Å². The first-order valence-electron chi connectivity index (χ1n) is 10.4. The predicted molar refractivity (Wildman–Crippen MR) is 118 cm³/mol. The fraction of sp³-hybridized carbons (Fsp3) is 0.261. The van der Waals surface area contributed by atoms with Crippen LogP contribution in [0.5, 0.6) is 11.6 Å². The highest BCUT2D eigenvalue weighted by Gasteiger charge is 2.49. The summed E-state index contributed by atoms with van der Waals surface area (Å²) in [4.78, 5) is 30.3. The van der Waals surface area contributed by atoms with Crippen LogP contribution in [-0.4, -0.2) is 38.2 Å². The molecule has 1 unspecified atom stereocenters. The molecule has 1 amide bonds. The van der Waals surface area contributed by atoms with Crippen LogP contribution >= 0.6 is 11.6 Å². The van der Waals surface area contributed by atoms with E-state index in [2.05, 4.69) is 4.85 Å². The molecule has 1 aromatic heterocycles. The van der Waals surface area contributed by atoms with Crippen molar-refractivity contribution in [1.29, 1.82) is 0 Å². The lowest BCUT2D eigenvalue weighted by atomic mass is 10.1. The van der Waals surface area contributed by atoms with Crippen LogP contribution in [0, 0.1) is 6.57 Å². The normalized spacial score (nSPS) is 18.4. The minimum atomic E-state index is -4.82. The number of aromatic hydroxyl groups is 1. The van der Waals surface area contributed by atoms with E-state index in [1.807, 2.05) is 0 Å². The number of carbonyl (C=O) groups excluding carboxylic acids is 1. The Balaban J connectivity index is 1.45. The van der Waals surface area contributed by atoms with Crippen LogP contribution in [0.25, 0.3) is 10.5 Å². The minimum Gasteiger partial charge on any atom is -0.493 e. The van der Waals surface area contributed by atoms with Gasteiger partial charge in [0, 0.05) is 11.6 Å². The topological polar surface area (TPSA) is 81.1 Å². The third kappa shape index (κ3) is 3.70. The number of carbonyl (C=O) groups is 1. The summed E-state index contributed by atoms with van der Waals surface area (Å²) < 4.78 is 47.9. The molecule has 2 atom stereocenters. The number of fused-ring (bicyclic) bond motifs is 5. The average molecular weight is 505 g/mol. The fourth-order valence-electron chi connectivity index (χ4n) is 4.70. The first-order chi connectivity index (χ1) is 16.6. The van der Waals surface area contributed by atoms with Crippen LogP contribution in [0.4, 0.5) is 18.9 Å². The van der Waals surface area contributed by atoms with Gasteiger partial charge in [0.15, 0.2) is 12.3 Å². The zero-order valence-corrected chi connectivity index (χ0v) is 18.5. The minimum absolute atomic E-state index is 0.161. The molecule has 2 bridgehead atoms. The van der Waals surface area contributed by atoms with Gasteiger partial charge in [-0.2, -0.15) is 13.2 Å². The fourth-order valence-corrected chi connectivity index (χ4v) is 4.83. The lowest BCUT2D eigenvalue weighted by molar-refractivity contribution is -0.137. The molecular formula is C23H16ClF3N4O4. The highest BCUT2D eigenvalue weighted by Crippen LogP contribution is 2.49. The molecule has 5 rings (SSSR count). The Bertz CT molecular complexity index is 1440. The van der Waals surface area contributed by atoms with Gasteiger partial charge in [-0.05, 0) is 42.8 Å². The van der Waals surface area contributed by atoms with E-state index in [1.54, 1.807) is 24.3 Å². The second-order valence-corrected chi connectivity index (χ2v) is 8.64. The van der Waals surface area contributed by atoms with Gasteiger partial charge in [0.2, 0.25) is 5.88 Å². The molecule has 1 N–H and O–H groups in total. The molecule has 180 valence electrons. The summed E-state index contributed by atoms with van der Waals surface area (Å²) >= 11 is 5.84. The number of hydrogen-bond donors (Lipinski definition) is 1. The molecule has 2 aromatic carbocycles. The van der Waals surface area contributed by atoms with E-state index in [0.29, 0.717) is 23.3 Å². The van der Waals surface area contributed by atoms with Crippen LogP contribution in [0.1, 0.15) is 29.8 Å². The van der Waals surface area contributed by atoms with Crippen molar-refractivity contribution in [3.63, 3.8) is 0 Å². The first kappa shape index (κ1) is 22.9. The lowest BCUT2D eigenvalue weighted by Gasteiger charge is -2.27. The second kappa shape index (κ2) is 8.09. The molecule has 8 nitrogen and oxygen atoms in total. The van der Waals surface area contributed by atoms with E-state index < -0.39 is 41.1 Å². The molecule has 0 aliphatic carbocycles. The van der Waals surface area contributed by atoms with Gasteiger partial charge in [-0.15, -0.1) is 0 Å². The Morgan fingerprint density at radius 1 is 1.23 bits per heavy atom. The number of aromatic nitrogens is 2. The molecule has 1 fully saturated rings. The number of imidazole rings is 1. The molecule has 35 heavy (non-hydrogen) atoms. The molecule has 12 heteroatoms. The van der Waals surface area contributed by atoms with E-state index >= 15 is 0 Å². The van der Waals surface area contributed by atoms with E-state index in [4.69, 9.17) is 22.9 Å². The Kier molecular flexibility index (Phi) is 5.29. The highest BCUT2D eigenvalue weighted by molar-refractivity contribution is 6.30. The molecule has 3 aromatic rings. The quantitative estimate of drug-likeness (QED) is 0.531. The van der Waals surface area contributed by atoms with Gasteiger partial charge in [-0.25, -0.2) is 14.2 Å². The second-order valence-electron chi connectivity index (χ2n) is 8.20. The molecule has 2 aliphatic heterocycles. The molecule has 2 aliphatic rings. The van der Waals surface area contributed by atoms with Gasteiger partial charge < -0.3 is 14.7 Å². The molecular weight excluding hydrogens is 489 g/mol. The number of nitrogens with zero attached hydrogens (tertiary/aromatic N) is 4. The third-order valence-corrected chi connectivity index (χ3v) is 6.47. The van der Waals surface area contributed by atoms with Crippen LogP contribution < -0.4 is 10.4 Å². The summed E-state index contributed by atoms with van der Waals surface area (Å²) in [6.07, 6.45) is -4.42. The lowest BCUT2D eigenvalue weighted by Crippen LogP contribution is -2.40. The Hall–Kier alpha value is -3.91. The molecule has 0 spiro atoms. The zero-order valence-electron chi connectivity index (χ0n) is 17.8. The highest BCUT2D eigenvalue weighted by atomic mass is 35.5. The van der Waals surface area contributed by atoms with Crippen molar-refractivity contribution in [3.8, 4) is 17.3 Å². The van der Waals surface area contributed by atoms with Crippen molar-refractivity contribution in [3.05, 3.63) is 80.6 Å². The van der Waals surface area contributed by atoms with E-state index in [0.717, 1.165) is 10.6 Å². The Morgan fingerprint density at radius 3 is 2.60 bits per heavy atom. The Labute approximate surface area is 201 Å². The maximum absolute atomic E-state index is 13.4. The van der Waals surface area contributed by atoms with Crippen molar-refractivity contribution in [2.75, 3.05) is 13.2 Å². The van der Waals surface area contributed by atoms with Gasteiger partial charge in [-0.3, -0.25) is 9.36 Å². The van der Waals surface area contributed by atoms with Crippen molar-refractivity contribution < 1.29 is 27.8 Å². The number of rotatable bonds is 4. The summed E-state index contributed by atoms with van der Waals surface area (Å²) in [7, 11) is 0. The number of hydrogen-bond acceptors (Lipinski definition) is 4. The third-order valence-electron chi connectivity index (χ3n) is 6.22. The predicted octanol–water partition coefficient (Wildman–Crippen LogP) is 4.47. The number of benzene rings is 2.